The van der Waals surface area contributed by atoms with Crippen molar-refractivity contribution in [2.24, 2.45) is 5.41 Å². The SMILES string of the molecule is CCCS(=O)(=O)N1CCC2(CCNC2)C1.Cl. The van der Waals surface area contributed by atoms with Crippen molar-refractivity contribution in [1.29, 1.82) is 0 Å². The molecule has 96 valence electrons. The zero-order valence-corrected chi connectivity index (χ0v) is 11.4. The largest absolute Gasteiger partial charge is 0.316 e. The van der Waals surface area contributed by atoms with E-state index in [4.69, 9.17) is 0 Å². The summed E-state index contributed by atoms with van der Waals surface area (Å²) in [5.41, 5.74) is 0.251. The van der Waals surface area contributed by atoms with Crippen LogP contribution in [-0.4, -0.2) is 44.7 Å². The summed E-state index contributed by atoms with van der Waals surface area (Å²) in [6.45, 7) is 5.42. The van der Waals surface area contributed by atoms with E-state index in [2.05, 4.69) is 5.32 Å². The Bertz CT molecular complexity index is 326. The summed E-state index contributed by atoms with van der Waals surface area (Å²) in [5.74, 6) is 0.302. The van der Waals surface area contributed by atoms with Crippen molar-refractivity contribution in [1.82, 2.24) is 9.62 Å². The maximum atomic E-state index is 11.9. The van der Waals surface area contributed by atoms with E-state index in [1.165, 1.54) is 0 Å². The highest BCUT2D eigenvalue weighted by molar-refractivity contribution is 7.89. The smallest absolute Gasteiger partial charge is 0.214 e. The first-order valence-corrected chi connectivity index (χ1v) is 7.37. The Labute approximate surface area is 104 Å². The summed E-state index contributed by atoms with van der Waals surface area (Å²) in [7, 11) is -2.97. The highest BCUT2D eigenvalue weighted by Crippen LogP contribution is 2.37. The Balaban J connectivity index is 0.00000128. The lowest BCUT2D eigenvalue weighted by atomic mass is 9.87. The van der Waals surface area contributed by atoms with Crippen molar-refractivity contribution in [3.8, 4) is 0 Å². The maximum Gasteiger partial charge on any atom is 0.214 e. The molecule has 0 aromatic carbocycles. The predicted octanol–water partition coefficient (Wildman–Crippen LogP) is 0.833. The summed E-state index contributed by atoms with van der Waals surface area (Å²) in [4.78, 5) is 0. The number of halogens is 1. The Kier molecular flexibility index (Phi) is 4.63. The highest BCUT2D eigenvalue weighted by Gasteiger charge is 2.43. The normalized spacial score (nSPS) is 30.8. The van der Waals surface area contributed by atoms with E-state index < -0.39 is 10.0 Å². The van der Waals surface area contributed by atoms with Crippen molar-refractivity contribution >= 4 is 22.4 Å². The maximum absolute atomic E-state index is 11.9. The first-order chi connectivity index (χ1) is 7.08. The van der Waals surface area contributed by atoms with E-state index in [1.54, 1.807) is 4.31 Å². The third-order valence-corrected chi connectivity index (χ3v) is 5.61. The summed E-state index contributed by atoms with van der Waals surface area (Å²) < 4.78 is 25.5. The van der Waals surface area contributed by atoms with Crippen molar-refractivity contribution in [2.75, 3.05) is 31.9 Å². The molecule has 2 saturated heterocycles. The van der Waals surface area contributed by atoms with Gasteiger partial charge in [0.15, 0.2) is 0 Å². The van der Waals surface area contributed by atoms with Crippen molar-refractivity contribution in [3.63, 3.8) is 0 Å². The molecule has 1 unspecified atom stereocenters. The molecule has 1 atom stereocenters. The minimum Gasteiger partial charge on any atom is -0.316 e. The lowest BCUT2D eigenvalue weighted by Gasteiger charge is -2.22. The molecule has 0 radical (unpaired) electrons. The van der Waals surface area contributed by atoms with E-state index in [-0.39, 0.29) is 17.8 Å². The van der Waals surface area contributed by atoms with Gasteiger partial charge in [-0.3, -0.25) is 0 Å². The minimum atomic E-state index is -2.97. The van der Waals surface area contributed by atoms with Gasteiger partial charge < -0.3 is 5.32 Å². The van der Waals surface area contributed by atoms with Gasteiger partial charge in [0.2, 0.25) is 10.0 Å². The van der Waals surface area contributed by atoms with Crippen LogP contribution in [0.1, 0.15) is 26.2 Å². The Hall–Kier alpha value is 0.160. The topological polar surface area (TPSA) is 49.4 Å². The molecule has 2 aliphatic heterocycles. The standard InChI is InChI=1S/C10H20N2O2S.ClH/c1-2-7-15(13,14)12-6-4-10(9-12)3-5-11-8-10;/h11H,2-9H2,1H3;1H. The number of nitrogens with one attached hydrogen (secondary N) is 1. The zero-order chi connectivity index (χ0) is 10.9. The van der Waals surface area contributed by atoms with Gasteiger partial charge in [-0.05, 0) is 31.2 Å². The van der Waals surface area contributed by atoms with Gasteiger partial charge in [-0.1, -0.05) is 6.92 Å². The van der Waals surface area contributed by atoms with Gasteiger partial charge in [0.25, 0.3) is 0 Å². The monoisotopic (exact) mass is 268 g/mol. The molecular formula is C10H21ClN2O2S. The fourth-order valence-corrected chi connectivity index (χ4v) is 4.28. The summed E-state index contributed by atoms with van der Waals surface area (Å²) >= 11 is 0. The molecule has 0 aromatic rings. The third kappa shape index (κ3) is 2.70. The van der Waals surface area contributed by atoms with E-state index in [9.17, 15) is 8.42 Å². The molecule has 2 fully saturated rings. The number of sulfonamides is 1. The molecule has 2 heterocycles. The Morgan fingerprint density at radius 1 is 1.38 bits per heavy atom. The molecule has 0 bridgehead atoms. The average Bonchev–Trinajstić information content (AvgIpc) is 2.77. The minimum absolute atomic E-state index is 0. The number of rotatable bonds is 3. The van der Waals surface area contributed by atoms with E-state index in [1.807, 2.05) is 6.92 Å². The van der Waals surface area contributed by atoms with Gasteiger partial charge in [0, 0.05) is 19.6 Å². The van der Waals surface area contributed by atoms with Gasteiger partial charge in [0.05, 0.1) is 5.75 Å². The second-order valence-corrected chi connectivity index (χ2v) is 6.91. The van der Waals surface area contributed by atoms with Crippen LogP contribution in [0.15, 0.2) is 0 Å². The summed E-state index contributed by atoms with van der Waals surface area (Å²) in [6, 6.07) is 0. The molecule has 0 saturated carbocycles. The number of hydrogen-bond acceptors (Lipinski definition) is 3. The van der Waals surface area contributed by atoms with Crippen LogP contribution in [0.2, 0.25) is 0 Å². The van der Waals surface area contributed by atoms with Crippen LogP contribution in [0.5, 0.6) is 0 Å². The number of hydrogen-bond donors (Lipinski definition) is 1. The second-order valence-electron chi connectivity index (χ2n) is 4.83. The lowest BCUT2D eigenvalue weighted by molar-refractivity contribution is 0.338. The lowest BCUT2D eigenvalue weighted by Crippen LogP contribution is -2.34. The zero-order valence-electron chi connectivity index (χ0n) is 9.74. The van der Waals surface area contributed by atoms with Gasteiger partial charge >= 0.3 is 0 Å². The molecule has 6 heteroatoms. The first-order valence-electron chi connectivity index (χ1n) is 5.77. The highest BCUT2D eigenvalue weighted by atomic mass is 35.5. The van der Waals surface area contributed by atoms with Crippen LogP contribution in [0.3, 0.4) is 0 Å². The van der Waals surface area contributed by atoms with Crippen LogP contribution in [0.25, 0.3) is 0 Å². The predicted molar refractivity (Wildman–Crippen MR) is 67.4 cm³/mol. The van der Waals surface area contributed by atoms with Crippen molar-refractivity contribution < 1.29 is 8.42 Å². The van der Waals surface area contributed by atoms with E-state index >= 15 is 0 Å². The van der Waals surface area contributed by atoms with Gasteiger partial charge in [-0.2, -0.15) is 0 Å². The fourth-order valence-electron chi connectivity index (χ4n) is 2.66. The van der Waals surface area contributed by atoms with Gasteiger partial charge in [0.1, 0.15) is 0 Å². The second kappa shape index (κ2) is 5.21. The fraction of sp³-hybridized carbons (Fsp3) is 1.00. The summed E-state index contributed by atoms with van der Waals surface area (Å²) in [5, 5.41) is 3.34. The molecule has 1 spiro atoms. The quantitative estimate of drug-likeness (QED) is 0.825. The van der Waals surface area contributed by atoms with Gasteiger partial charge in [-0.15, -0.1) is 12.4 Å². The van der Waals surface area contributed by atoms with Crippen LogP contribution >= 0.6 is 12.4 Å². The number of nitrogens with zero attached hydrogens (tertiary/aromatic N) is 1. The van der Waals surface area contributed by atoms with Crippen molar-refractivity contribution in [3.05, 3.63) is 0 Å². The van der Waals surface area contributed by atoms with Crippen LogP contribution in [0.4, 0.5) is 0 Å². The molecular weight excluding hydrogens is 248 g/mol. The molecule has 0 aliphatic carbocycles. The molecule has 16 heavy (non-hydrogen) atoms. The Morgan fingerprint density at radius 3 is 2.69 bits per heavy atom. The summed E-state index contributed by atoms with van der Waals surface area (Å²) in [6.07, 6.45) is 2.87. The molecule has 1 N–H and O–H groups in total. The average molecular weight is 269 g/mol. The van der Waals surface area contributed by atoms with Crippen LogP contribution < -0.4 is 5.32 Å². The first kappa shape index (κ1) is 14.2. The molecule has 2 rings (SSSR count). The third-order valence-electron chi connectivity index (χ3n) is 3.59. The van der Waals surface area contributed by atoms with Crippen molar-refractivity contribution in [2.45, 2.75) is 26.2 Å². The van der Waals surface area contributed by atoms with Crippen LogP contribution in [-0.2, 0) is 10.0 Å². The molecule has 2 aliphatic rings. The molecule has 0 amide bonds. The van der Waals surface area contributed by atoms with E-state index in [0.29, 0.717) is 12.2 Å². The van der Waals surface area contributed by atoms with Crippen LogP contribution in [0, 0.1) is 5.41 Å². The Morgan fingerprint density at radius 2 is 2.12 bits per heavy atom. The molecule has 0 aromatic heterocycles. The molecule has 4 nitrogen and oxygen atoms in total. The van der Waals surface area contributed by atoms with Gasteiger partial charge in [-0.25, -0.2) is 12.7 Å². The van der Waals surface area contributed by atoms with E-state index in [0.717, 1.165) is 39.0 Å².